The fourth-order valence-corrected chi connectivity index (χ4v) is 4.65. The van der Waals surface area contributed by atoms with Gasteiger partial charge in [-0.15, -0.1) is 0 Å². The lowest BCUT2D eigenvalue weighted by Crippen LogP contribution is -2.48. The van der Waals surface area contributed by atoms with Crippen molar-refractivity contribution in [2.24, 2.45) is 0 Å². The van der Waals surface area contributed by atoms with Crippen LogP contribution in [0.4, 0.5) is 31.0 Å². The Bertz CT molecular complexity index is 1430. The summed E-state index contributed by atoms with van der Waals surface area (Å²) in [6.45, 7) is 10.6. The zero-order valence-electron chi connectivity index (χ0n) is 25.7. The number of benzene rings is 3. The molecule has 0 atom stereocenters. The number of nitrogens with zero attached hydrogens (tertiary/aromatic N) is 3. The van der Waals surface area contributed by atoms with E-state index >= 15 is 0 Å². The number of halogens is 1. The van der Waals surface area contributed by atoms with Crippen molar-refractivity contribution in [1.82, 2.24) is 14.7 Å². The molecule has 1 aliphatic heterocycles. The molecule has 44 heavy (non-hydrogen) atoms. The highest BCUT2D eigenvalue weighted by Crippen LogP contribution is 2.23. The normalized spacial score (nSPS) is 14.0. The molecule has 4 rings (SSSR count). The van der Waals surface area contributed by atoms with E-state index in [2.05, 4.69) is 32.8 Å². The minimum absolute atomic E-state index is 0.305. The number of urea groups is 1. The minimum atomic E-state index is -0.662. The maximum atomic E-state index is 13.7. The average molecular weight is 605 g/mol. The van der Waals surface area contributed by atoms with E-state index in [-0.39, 0.29) is 11.9 Å². The van der Waals surface area contributed by atoms with Crippen molar-refractivity contribution in [3.8, 4) is 0 Å². The van der Waals surface area contributed by atoms with Crippen LogP contribution in [0.5, 0.6) is 0 Å². The lowest BCUT2D eigenvalue weighted by atomic mass is 10.1. The second-order valence-electron chi connectivity index (χ2n) is 11.8. The van der Waals surface area contributed by atoms with Crippen LogP contribution in [0, 0.1) is 5.82 Å². The molecule has 0 aliphatic carbocycles. The standard InChI is InChI=1S/C33H41FN6O4/c1-33(2,3)44-32(43)37-29-11-6-5-10-28(29)36-30(41)25-14-12-24(13-15-25)23-40(21-20-39-18-16-38(4)17-19-39)31(42)35-27-9-7-8-26(34)22-27/h5-15,22H,16-21,23H2,1-4H3,(H,35,42)(H,36,41)(H,37,43). The summed E-state index contributed by atoms with van der Waals surface area (Å²) in [6, 6.07) is 19.3. The molecular formula is C33H41FN6O4. The van der Waals surface area contributed by atoms with Crippen LogP contribution in [0.1, 0.15) is 36.7 Å². The third kappa shape index (κ3) is 10.1. The fraction of sp³-hybridized carbons (Fsp3) is 0.364. The van der Waals surface area contributed by atoms with Crippen LogP contribution in [0.15, 0.2) is 72.8 Å². The third-order valence-electron chi connectivity index (χ3n) is 7.05. The van der Waals surface area contributed by atoms with Gasteiger partial charge in [-0.2, -0.15) is 0 Å². The summed E-state index contributed by atoms with van der Waals surface area (Å²) in [4.78, 5) is 44.9. The topological polar surface area (TPSA) is 106 Å². The quantitative estimate of drug-likeness (QED) is 0.289. The molecule has 0 bridgehead atoms. The smallest absolute Gasteiger partial charge is 0.412 e. The Morgan fingerprint density at radius 3 is 2.16 bits per heavy atom. The minimum Gasteiger partial charge on any atom is -0.444 e. The van der Waals surface area contributed by atoms with Gasteiger partial charge in [0.1, 0.15) is 11.4 Å². The largest absolute Gasteiger partial charge is 0.444 e. The van der Waals surface area contributed by atoms with Crippen LogP contribution in [0.2, 0.25) is 0 Å². The molecule has 3 N–H and O–H groups in total. The number of nitrogens with one attached hydrogen (secondary N) is 3. The molecule has 0 aromatic heterocycles. The Morgan fingerprint density at radius 2 is 1.52 bits per heavy atom. The van der Waals surface area contributed by atoms with Gasteiger partial charge in [0.05, 0.1) is 11.4 Å². The van der Waals surface area contributed by atoms with Crippen molar-refractivity contribution in [2.75, 3.05) is 62.3 Å². The van der Waals surface area contributed by atoms with Crippen LogP contribution in [-0.2, 0) is 11.3 Å². The molecule has 1 fully saturated rings. The summed E-state index contributed by atoms with van der Waals surface area (Å²) in [5.74, 6) is -0.783. The molecule has 0 unspecified atom stereocenters. The predicted molar refractivity (Wildman–Crippen MR) is 170 cm³/mol. The summed E-state index contributed by atoms with van der Waals surface area (Å²) in [6.07, 6.45) is -0.623. The van der Waals surface area contributed by atoms with Crippen LogP contribution in [0.25, 0.3) is 0 Å². The summed E-state index contributed by atoms with van der Waals surface area (Å²) in [7, 11) is 2.10. The first kappa shape index (κ1) is 32.4. The summed E-state index contributed by atoms with van der Waals surface area (Å²) < 4.78 is 19.1. The molecule has 0 saturated carbocycles. The van der Waals surface area contributed by atoms with Crippen LogP contribution in [-0.4, -0.2) is 84.6 Å². The van der Waals surface area contributed by atoms with E-state index in [1.54, 1.807) is 86.3 Å². The Hall–Kier alpha value is -4.48. The highest BCUT2D eigenvalue weighted by Gasteiger charge is 2.20. The first-order valence-corrected chi connectivity index (χ1v) is 14.7. The van der Waals surface area contributed by atoms with Gasteiger partial charge < -0.3 is 25.2 Å². The molecule has 3 aromatic carbocycles. The van der Waals surface area contributed by atoms with Gasteiger partial charge in [0, 0.05) is 57.1 Å². The van der Waals surface area contributed by atoms with Crippen LogP contribution >= 0.6 is 0 Å². The SMILES string of the molecule is CN1CCN(CCN(Cc2ccc(C(=O)Nc3ccccc3NC(=O)OC(C)(C)C)cc2)C(=O)Nc2cccc(F)c2)CC1. The Kier molecular flexibility index (Phi) is 10.9. The van der Waals surface area contributed by atoms with E-state index in [0.717, 1.165) is 31.7 Å². The summed E-state index contributed by atoms with van der Waals surface area (Å²) in [5, 5.41) is 8.32. The van der Waals surface area contributed by atoms with Gasteiger partial charge in [-0.1, -0.05) is 30.3 Å². The highest BCUT2D eigenvalue weighted by atomic mass is 19.1. The van der Waals surface area contributed by atoms with E-state index in [1.807, 2.05) is 0 Å². The number of carbonyl (C=O) groups is 3. The number of amides is 4. The van der Waals surface area contributed by atoms with Gasteiger partial charge in [0.2, 0.25) is 0 Å². The van der Waals surface area contributed by atoms with Crippen molar-refractivity contribution in [3.63, 3.8) is 0 Å². The second-order valence-corrected chi connectivity index (χ2v) is 11.8. The number of likely N-dealkylation sites (N-methyl/N-ethyl adjacent to an activating group) is 1. The average Bonchev–Trinajstić information content (AvgIpc) is 2.96. The summed E-state index contributed by atoms with van der Waals surface area (Å²) >= 11 is 0. The molecule has 1 aliphatic rings. The molecular weight excluding hydrogens is 563 g/mol. The number of anilines is 3. The maximum absolute atomic E-state index is 13.7. The van der Waals surface area contributed by atoms with E-state index < -0.39 is 17.5 Å². The van der Waals surface area contributed by atoms with E-state index in [0.29, 0.717) is 42.3 Å². The number of para-hydroxylation sites is 2. The zero-order chi connectivity index (χ0) is 31.7. The first-order chi connectivity index (χ1) is 20.9. The Morgan fingerprint density at radius 1 is 0.864 bits per heavy atom. The predicted octanol–water partition coefficient (Wildman–Crippen LogP) is 5.71. The van der Waals surface area contributed by atoms with Crippen molar-refractivity contribution in [1.29, 1.82) is 0 Å². The number of hydrogen-bond donors (Lipinski definition) is 3. The third-order valence-corrected chi connectivity index (χ3v) is 7.05. The molecule has 0 radical (unpaired) electrons. The molecule has 1 saturated heterocycles. The number of hydrogen-bond acceptors (Lipinski definition) is 6. The maximum Gasteiger partial charge on any atom is 0.412 e. The van der Waals surface area contributed by atoms with Gasteiger partial charge in [0.15, 0.2) is 0 Å². The summed E-state index contributed by atoms with van der Waals surface area (Å²) in [5.41, 5.74) is 1.80. The number of carbonyl (C=O) groups excluding carboxylic acids is 3. The van der Waals surface area contributed by atoms with Gasteiger partial charge in [0.25, 0.3) is 5.91 Å². The monoisotopic (exact) mass is 604 g/mol. The van der Waals surface area contributed by atoms with E-state index in [4.69, 9.17) is 4.74 Å². The van der Waals surface area contributed by atoms with Crippen molar-refractivity contribution < 1.29 is 23.5 Å². The first-order valence-electron chi connectivity index (χ1n) is 14.7. The van der Waals surface area contributed by atoms with Crippen molar-refractivity contribution >= 4 is 35.1 Å². The molecule has 234 valence electrons. The molecule has 11 heteroatoms. The molecule has 0 spiro atoms. The fourth-order valence-electron chi connectivity index (χ4n) is 4.65. The van der Waals surface area contributed by atoms with Gasteiger partial charge in [-0.25, -0.2) is 14.0 Å². The Balaban J connectivity index is 1.41. The Labute approximate surface area is 258 Å². The molecule has 10 nitrogen and oxygen atoms in total. The van der Waals surface area contributed by atoms with E-state index in [9.17, 15) is 18.8 Å². The lowest BCUT2D eigenvalue weighted by Gasteiger charge is -2.34. The van der Waals surface area contributed by atoms with Crippen molar-refractivity contribution in [2.45, 2.75) is 32.9 Å². The molecule has 1 heterocycles. The van der Waals surface area contributed by atoms with Gasteiger partial charge >= 0.3 is 12.1 Å². The second kappa shape index (κ2) is 14.8. The van der Waals surface area contributed by atoms with Crippen molar-refractivity contribution in [3.05, 3.63) is 89.7 Å². The number of piperazine rings is 1. The zero-order valence-corrected chi connectivity index (χ0v) is 25.7. The van der Waals surface area contributed by atoms with E-state index in [1.165, 1.54) is 12.1 Å². The van der Waals surface area contributed by atoms with Crippen LogP contribution < -0.4 is 16.0 Å². The molecule has 4 amide bonds. The van der Waals surface area contributed by atoms with Gasteiger partial charge in [-0.3, -0.25) is 15.0 Å². The van der Waals surface area contributed by atoms with Crippen LogP contribution in [0.3, 0.4) is 0 Å². The van der Waals surface area contributed by atoms with Gasteiger partial charge in [-0.05, 0) is 75.8 Å². The highest BCUT2D eigenvalue weighted by molar-refractivity contribution is 6.06. The number of ether oxygens (including phenoxy) is 1. The molecule has 3 aromatic rings. The number of rotatable bonds is 9. The lowest BCUT2D eigenvalue weighted by molar-refractivity contribution is 0.0635.